The van der Waals surface area contributed by atoms with Gasteiger partial charge in [0, 0.05) is 21.9 Å². The van der Waals surface area contributed by atoms with E-state index < -0.39 is 11.6 Å². The van der Waals surface area contributed by atoms with Crippen LogP contribution >= 0.6 is 0 Å². The van der Waals surface area contributed by atoms with E-state index in [1.807, 2.05) is 13.0 Å². The first-order valence-corrected chi connectivity index (χ1v) is 7.73. The van der Waals surface area contributed by atoms with Gasteiger partial charge in [0.25, 0.3) is 0 Å². The number of hydrogen-bond donors (Lipinski definition) is 2. The fourth-order valence-corrected chi connectivity index (χ4v) is 3.31. The van der Waals surface area contributed by atoms with Crippen molar-refractivity contribution in [3.63, 3.8) is 0 Å². The lowest BCUT2D eigenvalue weighted by atomic mass is 9.81. The van der Waals surface area contributed by atoms with E-state index in [4.69, 9.17) is 0 Å². The molecule has 0 saturated heterocycles. The van der Waals surface area contributed by atoms with Gasteiger partial charge in [-0.1, -0.05) is 43.3 Å². The summed E-state index contributed by atoms with van der Waals surface area (Å²) >= 11 is 0. The zero-order valence-electron chi connectivity index (χ0n) is 13.0. The van der Waals surface area contributed by atoms with Crippen LogP contribution in [0.3, 0.4) is 0 Å². The maximum absolute atomic E-state index is 12.8. The molecule has 2 N–H and O–H groups in total. The topological polar surface area (TPSA) is 74.6 Å². The second-order valence-electron chi connectivity index (χ2n) is 5.88. The van der Waals surface area contributed by atoms with Crippen molar-refractivity contribution < 1.29 is 19.8 Å². The van der Waals surface area contributed by atoms with Gasteiger partial charge in [-0.15, -0.1) is 0 Å². The highest BCUT2D eigenvalue weighted by Gasteiger charge is 2.35. The summed E-state index contributed by atoms with van der Waals surface area (Å²) in [6.45, 7) is 1.97. The third kappa shape index (κ3) is 1.74. The van der Waals surface area contributed by atoms with E-state index in [1.54, 1.807) is 36.4 Å². The summed E-state index contributed by atoms with van der Waals surface area (Å²) in [5.41, 5.74) is 1.22. The molecule has 4 heteroatoms. The number of hydrogen-bond acceptors (Lipinski definition) is 4. The number of aromatic hydroxyl groups is 2. The third-order valence-corrected chi connectivity index (χ3v) is 4.60. The maximum Gasteiger partial charge on any atom is 0.198 e. The first-order chi connectivity index (χ1) is 11.5. The van der Waals surface area contributed by atoms with Gasteiger partial charge >= 0.3 is 0 Å². The molecule has 4 nitrogen and oxygen atoms in total. The molecular formula is C20H14O4. The van der Waals surface area contributed by atoms with E-state index in [2.05, 4.69) is 0 Å². The Morgan fingerprint density at radius 3 is 1.88 bits per heavy atom. The van der Waals surface area contributed by atoms with Crippen molar-refractivity contribution in [2.75, 3.05) is 0 Å². The van der Waals surface area contributed by atoms with Crippen molar-refractivity contribution in [2.45, 2.75) is 13.3 Å². The van der Waals surface area contributed by atoms with Crippen molar-refractivity contribution in [3.8, 4) is 11.5 Å². The van der Waals surface area contributed by atoms with Gasteiger partial charge in [0.05, 0.1) is 11.1 Å². The van der Waals surface area contributed by atoms with Crippen LogP contribution in [0.2, 0.25) is 0 Å². The highest BCUT2D eigenvalue weighted by atomic mass is 16.3. The van der Waals surface area contributed by atoms with Crippen molar-refractivity contribution in [1.82, 2.24) is 0 Å². The fourth-order valence-electron chi connectivity index (χ4n) is 3.31. The number of carbonyl (C=O) groups excluding carboxylic acids is 2. The molecule has 1 aliphatic rings. The highest BCUT2D eigenvalue weighted by molar-refractivity contribution is 6.32. The summed E-state index contributed by atoms with van der Waals surface area (Å²) in [7, 11) is 0. The number of ketones is 2. The zero-order chi connectivity index (χ0) is 17.0. The molecule has 0 unspecified atom stereocenters. The Balaban J connectivity index is 2.14. The smallest absolute Gasteiger partial charge is 0.198 e. The molecule has 24 heavy (non-hydrogen) atoms. The predicted molar refractivity (Wildman–Crippen MR) is 90.0 cm³/mol. The van der Waals surface area contributed by atoms with Crippen LogP contribution in [0.25, 0.3) is 10.8 Å². The normalized spacial score (nSPS) is 13.0. The molecule has 0 amide bonds. The number of fused-ring (bicyclic) bond motifs is 3. The minimum Gasteiger partial charge on any atom is -0.506 e. The quantitative estimate of drug-likeness (QED) is 0.526. The van der Waals surface area contributed by atoms with Crippen LogP contribution in [0.5, 0.6) is 11.5 Å². The van der Waals surface area contributed by atoms with Gasteiger partial charge in [0.2, 0.25) is 0 Å². The molecule has 0 bridgehead atoms. The van der Waals surface area contributed by atoms with Gasteiger partial charge in [0.1, 0.15) is 11.5 Å². The SMILES string of the molecule is CCc1ccc2c(O)c3c(c(O)c2c1)C(=O)c1ccccc1C3=O. The Hall–Kier alpha value is -3.14. The van der Waals surface area contributed by atoms with Crippen molar-refractivity contribution >= 4 is 22.3 Å². The number of phenolic OH excluding ortho intramolecular Hbond substituents is 2. The average molecular weight is 318 g/mol. The molecule has 1 aliphatic carbocycles. The predicted octanol–water partition coefficient (Wildman–Crippen LogP) is 3.59. The summed E-state index contributed by atoms with van der Waals surface area (Å²) in [6.07, 6.45) is 0.753. The van der Waals surface area contributed by atoms with Crippen LogP contribution in [0.1, 0.15) is 44.3 Å². The molecule has 0 aliphatic heterocycles. The fraction of sp³-hybridized carbons (Fsp3) is 0.100. The van der Waals surface area contributed by atoms with E-state index in [0.29, 0.717) is 10.8 Å². The van der Waals surface area contributed by atoms with Crippen molar-refractivity contribution in [3.05, 3.63) is 70.3 Å². The van der Waals surface area contributed by atoms with Gasteiger partial charge < -0.3 is 10.2 Å². The van der Waals surface area contributed by atoms with Crippen LogP contribution in [0.15, 0.2) is 42.5 Å². The number of benzene rings is 3. The molecule has 0 fully saturated rings. The molecule has 0 radical (unpaired) electrons. The first-order valence-electron chi connectivity index (χ1n) is 7.73. The molecule has 3 aromatic carbocycles. The van der Waals surface area contributed by atoms with Crippen LogP contribution in [-0.4, -0.2) is 21.8 Å². The largest absolute Gasteiger partial charge is 0.506 e. The highest BCUT2D eigenvalue weighted by Crippen LogP contribution is 2.44. The van der Waals surface area contributed by atoms with E-state index in [-0.39, 0.29) is 33.8 Å². The van der Waals surface area contributed by atoms with Crippen LogP contribution in [-0.2, 0) is 6.42 Å². The molecule has 118 valence electrons. The minimum atomic E-state index is -0.450. The molecule has 3 aromatic rings. The summed E-state index contributed by atoms with van der Waals surface area (Å²) in [5, 5.41) is 22.0. The minimum absolute atomic E-state index is 0.114. The van der Waals surface area contributed by atoms with E-state index in [9.17, 15) is 19.8 Å². The molecule has 0 saturated carbocycles. The summed E-state index contributed by atoms with van der Waals surface area (Å²) in [5.74, 6) is -1.40. The Labute approximate surface area is 138 Å². The van der Waals surface area contributed by atoms with Gasteiger partial charge in [0.15, 0.2) is 11.6 Å². The number of carbonyl (C=O) groups is 2. The Bertz CT molecular complexity index is 1050. The molecule has 0 heterocycles. The third-order valence-electron chi connectivity index (χ3n) is 4.60. The average Bonchev–Trinajstić information content (AvgIpc) is 2.62. The molecule has 0 aromatic heterocycles. The van der Waals surface area contributed by atoms with Gasteiger partial charge in [-0.2, -0.15) is 0 Å². The number of phenols is 2. The van der Waals surface area contributed by atoms with Crippen molar-refractivity contribution in [2.24, 2.45) is 0 Å². The summed E-state index contributed by atoms with van der Waals surface area (Å²) in [4.78, 5) is 25.6. The first kappa shape index (κ1) is 14.5. The monoisotopic (exact) mass is 318 g/mol. The summed E-state index contributed by atoms with van der Waals surface area (Å²) in [6, 6.07) is 11.7. The molecule has 4 rings (SSSR count). The Kier molecular flexibility index (Phi) is 2.97. The molecule has 0 spiro atoms. The van der Waals surface area contributed by atoms with Crippen molar-refractivity contribution in [1.29, 1.82) is 0 Å². The van der Waals surface area contributed by atoms with Crippen LogP contribution in [0.4, 0.5) is 0 Å². The van der Waals surface area contributed by atoms with E-state index in [1.165, 1.54) is 0 Å². The summed E-state index contributed by atoms with van der Waals surface area (Å²) < 4.78 is 0. The Morgan fingerprint density at radius 2 is 1.33 bits per heavy atom. The molecule has 0 atom stereocenters. The second kappa shape index (κ2) is 4.93. The number of aryl methyl sites for hydroxylation is 1. The maximum atomic E-state index is 12.8. The van der Waals surface area contributed by atoms with Gasteiger partial charge in [-0.05, 0) is 18.1 Å². The van der Waals surface area contributed by atoms with Crippen LogP contribution in [0, 0.1) is 0 Å². The van der Waals surface area contributed by atoms with E-state index >= 15 is 0 Å². The molecular weight excluding hydrogens is 304 g/mol. The van der Waals surface area contributed by atoms with Crippen LogP contribution < -0.4 is 0 Å². The van der Waals surface area contributed by atoms with Gasteiger partial charge in [-0.3, -0.25) is 9.59 Å². The lowest BCUT2D eigenvalue weighted by Gasteiger charge is -2.21. The van der Waals surface area contributed by atoms with Gasteiger partial charge in [-0.25, -0.2) is 0 Å². The van der Waals surface area contributed by atoms with E-state index in [0.717, 1.165) is 12.0 Å². The lowest BCUT2D eigenvalue weighted by Crippen LogP contribution is -2.21. The standard InChI is InChI=1S/C20H14O4/c1-2-10-7-8-13-14(9-10)20(24)16-15(19(13)23)17(21)11-5-3-4-6-12(11)18(16)22/h3-9,23-24H,2H2,1H3. The second-order valence-corrected chi connectivity index (χ2v) is 5.88. The lowest BCUT2D eigenvalue weighted by molar-refractivity contribution is 0.0974. The Morgan fingerprint density at radius 1 is 0.792 bits per heavy atom. The zero-order valence-corrected chi connectivity index (χ0v) is 13.0. The number of rotatable bonds is 1.